The highest BCUT2D eigenvalue weighted by atomic mass is 19.1. The van der Waals surface area contributed by atoms with Crippen molar-refractivity contribution in [3.8, 4) is 0 Å². The number of nitrogen functional groups attached to an aromatic ring is 1. The van der Waals surface area contributed by atoms with Gasteiger partial charge in [0, 0.05) is 11.6 Å². The van der Waals surface area contributed by atoms with Gasteiger partial charge in [0.05, 0.1) is 11.7 Å². The third-order valence-corrected chi connectivity index (χ3v) is 1.73. The first-order valence-corrected chi connectivity index (χ1v) is 3.68. The Labute approximate surface area is 74.8 Å². The van der Waals surface area contributed by atoms with Crippen LogP contribution < -0.4 is 11.5 Å². The van der Waals surface area contributed by atoms with E-state index in [2.05, 4.69) is 6.58 Å². The van der Waals surface area contributed by atoms with E-state index in [9.17, 15) is 8.78 Å². The molecule has 0 aliphatic carbocycles. The average molecular weight is 184 g/mol. The number of hydrogen-bond donors (Lipinski definition) is 2. The van der Waals surface area contributed by atoms with Crippen molar-refractivity contribution in [2.24, 2.45) is 5.73 Å². The molecule has 13 heavy (non-hydrogen) atoms. The van der Waals surface area contributed by atoms with Crippen LogP contribution in [-0.4, -0.2) is 0 Å². The van der Waals surface area contributed by atoms with E-state index >= 15 is 0 Å². The Balaban J connectivity index is 3.22. The smallest absolute Gasteiger partial charge is 0.146 e. The lowest BCUT2D eigenvalue weighted by atomic mass is 10.1. The lowest BCUT2D eigenvalue weighted by Crippen LogP contribution is -2.10. The number of halogens is 2. The van der Waals surface area contributed by atoms with E-state index in [1.807, 2.05) is 0 Å². The van der Waals surface area contributed by atoms with Crippen LogP contribution in [0, 0.1) is 11.6 Å². The Morgan fingerprint density at radius 2 is 1.92 bits per heavy atom. The molecule has 4 N–H and O–H groups in total. The number of rotatable bonds is 2. The summed E-state index contributed by atoms with van der Waals surface area (Å²) in [5.74, 6) is -1.29. The molecule has 0 radical (unpaired) electrons. The van der Waals surface area contributed by atoms with Crippen molar-refractivity contribution in [1.82, 2.24) is 0 Å². The third-order valence-electron chi connectivity index (χ3n) is 1.73. The van der Waals surface area contributed by atoms with Crippen molar-refractivity contribution in [1.29, 1.82) is 0 Å². The first-order chi connectivity index (χ1) is 6.06. The molecule has 70 valence electrons. The van der Waals surface area contributed by atoms with Gasteiger partial charge in [-0.25, -0.2) is 8.78 Å². The molecule has 2 nitrogen and oxygen atoms in total. The van der Waals surface area contributed by atoms with Crippen LogP contribution in [0.15, 0.2) is 24.8 Å². The maximum absolute atomic E-state index is 13.1. The molecule has 1 aromatic carbocycles. The molecule has 0 spiro atoms. The predicted octanol–water partition coefficient (Wildman–Crippen LogP) is 1.73. The SMILES string of the molecule is C=CC(N)c1cc(F)c(N)cc1F. The zero-order valence-electron chi connectivity index (χ0n) is 6.93. The minimum Gasteiger partial charge on any atom is -0.396 e. The highest BCUT2D eigenvalue weighted by molar-refractivity contribution is 5.43. The Morgan fingerprint density at radius 3 is 2.46 bits per heavy atom. The highest BCUT2D eigenvalue weighted by Crippen LogP contribution is 2.21. The molecule has 0 aromatic heterocycles. The zero-order chi connectivity index (χ0) is 10.0. The molecule has 0 saturated heterocycles. The first-order valence-electron chi connectivity index (χ1n) is 3.68. The molecule has 1 unspecified atom stereocenters. The number of hydrogen-bond acceptors (Lipinski definition) is 2. The fourth-order valence-corrected chi connectivity index (χ4v) is 0.960. The van der Waals surface area contributed by atoms with Gasteiger partial charge in [-0.2, -0.15) is 0 Å². The van der Waals surface area contributed by atoms with Gasteiger partial charge in [-0.1, -0.05) is 6.08 Å². The Hall–Kier alpha value is -1.42. The van der Waals surface area contributed by atoms with Crippen LogP contribution in [0.3, 0.4) is 0 Å². The normalized spacial score (nSPS) is 12.5. The van der Waals surface area contributed by atoms with Crippen molar-refractivity contribution < 1.29 is 8.78 Å². The van der Waals surface area contributed by atoms with Crippen LogP contribution in [0.1, 0.15) is 11.6 Å². The number of benzene rings is 1. The van der Waals surface area contributed by atoms with E-state index in [4.69, 9.17) is 11.5 Å². The topological polar surface area (TPSA) is 52.0 Å². The lowest BCUT2D eigenvalue weighted by molar-refractivity contribution is 0.582. The summed E-state index contributed by atoms with van der Waals surface area (Å²) in [6, 6.07) is 1.18. The predicted molar refractivity (Wildman–Crippen MR) is 47.9 cm³/mol. The molecule has 1 atom stereocenters. The largest absolute Gasteiger partial charge is 0.396 e. The Morgan fingerprint density at radius 1 is 1.31 bits per heavy atom. The van der Waals surface area contributed by atoms with E-state index in [0.717, 1.165) is 12.1 Å². The molecule has 1 aromatic rings. The fraction of sp³-hybridized carbons (Fsp3) is 0.111. The fourth-order valence-electron chi connectivity index (χ4n) is 0.960. The molecule has 0 fully saturated rings. The maximum Gasteiger partial charge on any atom is 0.146 e. The molecule has 0 aliphatic heterocycles. The van der Waals surface area contributed by atoms with Gasteiger partial charge >= 0.3 is 0 Å². The van der Waals surface area contributed by atoms with Gasteiger partial charge < -0.3 is 11.5 Å². The molecule has 0 amide bonds. The van der Waals surface area contributed by atoms with Gasteiger partial charge in [-0.15, -0.1) is 6.58 Å². The lowest BCUT2D eigenvalue weighted by Gasteiger charge is -2.08. The molecule has 0 bridgehead atoms. The molecule has 0 aliphatic rings. The van der Waals surface area contributed by atoms with Gasteiger partial charge in [0.25, 0.3) is 0 Å². The summed E-state index contributed by atoms with van der Waals surface area (Å²) in [4.78, 5) is 0. The maximum atomic E-state index is 13.1. The molecule has 0 saturated carbocycles. The summed E-state index contributed by atoms with van der Waals surface area (Å²) in [6.45, 7) is 3.38. The van der Waals surface area contributed by atoms with E-state index in [-0.39, 0.29) is 11.3 Å². The summed E-state index contributed by atoms with van der Waals surface area (Å²) < 4.78 is 26.0. The van der Waals surface area contributed by atoms with Gasteiger partial charge in [-0.05, 0) is 6.07 Å². The second-order valence-electron chi connectivity index (χ2n) is 2.66. The van der Waals surface area contributed by atoms with E-state index in [0.29, 0.717) is 0 Å². The molecule has 0 heterocycles. The van der Waals surface area contributed by atoms with Crippen molar-refractivity contribution in [2.45, 2.75) is 6.04 Å². The molecular formula is C9H10F2N2. The first kappa shape index (κ1) is 9.67. The monoisotopic (exact) mass is 184 g/mol. The summed E-state index contributed by atoms with van der Waals surface area (Å²) >= 11 is 0. The van der Waals surface area contributed by atoms with Crippen LogP contribution in [-0.2, 0) is 0 Å². The van der Waals surface area contributed by atoms with Gasteiger partial charge in [0.15, 0.2) is 0 Å². The van der Waals surface area contributed by atoms with Crippen LogP contribution in [0.5, 0.6) is 0 Å². The minimum absolute atomic E-state index is 0.0571. The van der Waals surface area contributed by atoms with E-state index in [1.54, 1.807) is 0 Å². The molecule has 1 rings (SSSR count). The summed E-state index contributed by atoms with van der Waals surface area (Å²) in [7, 11) is 0. The summed E-state index contributed by atoms with van der Waals surface area (Å²) in [5, 5.41) is 0. The van der Waals surface area contributed by atoms with E-state index in [1.165, 1.54) is 6.08 Å². The van der Waals surface area contributed by atoms with Gasteiger partial charge in [0.2, 0.25) is 0 Å². The molecular weight excluding hydrogens is 174 g/mol. The van der Waals surface area contributed by atoms with Gasteiger partial charge in [-0.3, -0.25) is 0 Å². The standard InChI is InChI=1S/C9H10F2N2/c1-2-8(12)5-3-7(11)9(13)4-6(5)10/h2-4,8H,1,12-13H2. The van der Waals surface area contributed by atoms with Crippen molar-refractivity contribution in [3.63, 3.8) is 0 Å². The van der Waals surface area contributed by atoms with Crippen LogP contribution in [0.25, 0.3) is 0 Å². The van der Waals surface area contributed by atoms with Crippen molar-refractivity contribution in [2.75, 3.05) is 5.73 Å². The second kappa shape index (κ2) is 3.53. The summed E-state index contributed by atoms with van der Waals surface area (Å²) in [6.07, 6.45) is 1.33. The summed E-state index contributed by atoms with van der Waals surface area (Å²) in [5.41, 5.74) is 10.4. The number of nitrogens with two attached hydrogens (primary N) is 2. The third kappa shape index (κ3) is 1.84. The van der Waals surface area contributed by atoms with Crippen molar-refractivity contribution >= 4 is 5.69 Å². The van der Waals surface area contributed by atoms with E-state index < -0.39 is 17.7 Å². The van der Waals surface area contributed by atoms with Crippen LogP contribution in [0.2, 0.25) is 0 Å². The Kier molecular flexibility index (Phi) is 2.63. The number of anilines is 1. The zero-order valence-corrected chi connectivity index (χ0v) is 6.93. The average Bonchev–Trinajstić information content (AvgIpc) is 2.10. The highest BCUT2D eigenvalue weighted by Gasteiger charge is 2.11. The van der Waals surface area contributed by atoms with Crippen LogP contribution >= 0.6 is 0 Å². The van der Waals surface area contributed by atoms with Crippen LogP contribution in [0.4, 0.5) is 14.5 Å². The Bertz CT molecular complexity index is 337. The van der Waals surface area contributed by atoms with Crippen molar-refractivity contribution in [3.05, 3.63) is 42.0 Å². The molecule has 4 heteroatoms. The second-order valence-corrected chi connectivity index (χ2v) is 2.66. The minimum atomic E-state index is -0.713. The van der Waals surface area contributed by atoms with Gasteiger partial charge in [0.1, 0.15) is 11.6 Å². The quantitative estimate of drug-likeness (QED) is 0.543.